The summed E-state index contributed by atoms with van der Waals surface area (Å²) in [5, 5.41) is 32.3. The Labute approximate surface area is 176 Å². The number of rotatable bonds is 5. The van der Waals surface area contributed by atoms with Gasteiger partial charge in [0.1, 0.15) is 11.2 Å². The van der Waals surface area contributed by atoms with E-state index in [4.69, 9.17) is 9.90 Å². The van der Waals surface area contributed by atoms with Crippen LogP contribution in [0.5, 0.6) is 0 Å². The topological polar surface area (TPSA) is 164 Å². The molecule has 1 aromatic carbocycles. The molecule has 1 aliphatic heterocycles. The van der Waals surface area contributed by atoms with Gasteiger partial charge in [0, 0.05) is 24.3 Å². The molecule has 1 fully saturated rings. The summed E-state index contributed by atoms with van der Waals surface area (Å²) < 4.78 is 13.2. The van der Waals surface area contributed by atoms with Gasteiger partial charge in [-0.2, -0.15) is 0 Å². The van der Waals surface area contributed by atoms with E-state index in [9.17, 15) is 29.0 Å². The number of aliphatic hydroxyl groups excluding tert-OH is 1. The summed E-state index contributed by atoms with van der Waals surface area (Å²) in [6.07, 6.45) is -1.26. The average molecular weight is 437 g/mol. The number of benzene rings is 1. The summed E-state index contributed by atoms with van der Waals surface area (Å²) in [7, 11) is 0. The molecule has 11 heteroatoms. The number of carbonyl (C=O) groups excluding carboxylic acids is 1. The van der Waals surface area contributed by atoms with Crippen molar-refractivity contribution in [1.82, 2.24) is 15.1 Å². The maximum atomic E-state index is 13.2. The molecule has 3 rings (SSSR count). The molecule has 2 atom stereocenters. The van der Waals surface area contributed by atoms with Gasteiger partial charge in [-0.05, 0) is 37.5 Å². The van der Waals surface area contributed by atoms with Crippen LogP contribution in [0.15, 0.2) is 29.1 Å². The third kappa shape index (κ3) is 5.37. The van der Waals surface area contributed by atoms with Gasteiger partial charge in [0.2, 0.25) is 5.91 Å². The van der Waals surface area contributed by atoms with Crippen molar-refractivity contribution in [2.45, 2.75) is 32.3 Å². The molecule has 0 saturated carbocycles. The molecule has 0 spiro atoms. The zero-order chi connectivity index (χ0) is 23.2. The molecule has 1 saturated heterocycles. The second kappa shape index (κ2) is 10.0. The summed E-state index contributed by atoms with van der Waals surface area (Å²) in [4.78, 5) is 46.4. The van der Waals surface area contributed by atoms with Crippen molar-refractivity contribution >= 4 is 18.3 Å². The van der Waals surface area contributed by atoms with Gasteiger partial charge in [-0.25, -0.2) is 4.39 Å². The quantitative estimate of drug-likeness (QED) is 0.420. The van der Waals surface area contributed by atoms with Gasteiger partial charge < -0.3 is 25.3 Å². The molecule has 5 N–H and O–H groups in total. The summed E-state index contributed by atoms with van der Waals surface area (Å²) in [5.41, 5.74) is -0.596. The van der Waals surface area contributed by atoms with E-state index in [-0.39, 0.29) is 44.7 Å². The largest absolute Gasteiger partial charge is 0.483 e. The third-order valence-corrected chi connectivity index (χ3v) is 5.41. The van der Waals surface area contributed by atoms with Gasteiger partial charge in [0.15, 0.2) is 0 Å². The van der Waals surface area contributed by atoms with Gasteiger partial charge in [0.25, 0.3) is 12.0 Å². The van der Waals surface area contributed by atoms with Crippen molar-refractivity contribution in [3.63, 3.8) is 0 Å². The number of amides is 1. The monoisotopic (exact) mass is 437 g/mol. The number of piperidine rings is 1. The second-order valence-electron chi connectivity index (χ2n) is 7.35. The van der Waals surface area contributed by atoms with Crippen LogP contribution in [0.2, 0.25) is 0 Å². The smallest absolute Gasteiger partial charge is 0.314 e. The molecule has 2 heterocycles. The van der Waals surface area contributed by atoms with Crippen LogP contribution in [-0.4, -0.2) is 68.0 Å². The fourth-order valence-electron chi connectivity index (χ4n) is 3.67. The highest BCUT2D eigenvalue weighted by atomic mass is 19.1. The Morgan fingerprint density at radius 1 is 1.29 bits per heavy atom. The SMILES string of the molecule is Cc1[nH][nH]c(=O)c1CC(=O)N1CC[C@@H](O)[C@](Cc2ccc(F)cc2)(C(=O)O)C1.O=CO. The minimum atomic E-state index is -1.61. The predicted octanol–water partition coefficient (Wildman–Crippen LogP) is 0.301. The normalized spacial score (nSPS) is 20.5. The number of nitrogens with zero attached hydrogens (tertiary/aromatic N) is 1. The maximum Gasteiger partial charge on any atom is 0.314 e. The maximum absolute atomic E-state index is 13.2. The zero-order valence-electron chi connectivity index (χ0n) is 16.8. The highest BCUT2D eigenvalue weighted by molar-refractivity contribution is 5.82. The molecule has 0 unspecified atom stereocenters. The number of hydrogen-bond acceptors (Lipinski definition) is 5. The van der Waals surface area contributed by atoms with Crippen LogP contribution in [0.4, 0.5) is 4.39 Å². The Bertz CT molecular complexity index is 985. The number of aromatic nitrogens is 2. The number of aromatic amines is 2. The molecule has 1 aromatic heterocycles. The molecule has 168 valence electrons. The third-order valence-electron chi connectivity index (χ3n) is 5.41. The van der Waals surface area contributed by atoms with E-state index in [0.29, 0.717) is 16.8 Å². The number of nitrogens with one attached hydrogen (secondary N) is 2. The van der Waals surface area contributed by atoms with E-state index in [1.54, 1.807) is 6.92 Å². The number of carboxylic acids is 1. The van der Waals surface area contributed by atoms with Crippen LogP contribution in [0.1, 0.15) is 23.2 Å². The first-order valence-corrected chi connectivity index (χ1v) is 9.42. The number of aliphatic carboxylic acids is 1. The molecule has 31 heavy (non-hydrogen) atoms. The zero-order valence-corrected chi connectivity index (χ0v) is 16.8. The van der Waals surface area contributed by atoms with Crippen LogP contribution in [0.3, 0.4) is 0 Å². The minimum absolute atomic E-state index is 0.0443. The Balaban J connectivity index is 0.00000107. The lowest BCUT2D eigenvalue weighted by atomic mass is 9.72. The molecular formula is C20H24FN3O7. The first-order chi connectivity index (χ1) is 14.6. The minimum Gasteiger partial charge on any atom is -0.483 e. The first kappa shape index (κ1) is 23.8. The lowest BCUT2D eigenvalue weighted by Crippen LogP contribution is -2.58. The van der Waals surface area contributed by atoms with Crippen LogP contribution in [0.25, 0.3) is 0 Å². The molecule has 10 nitrogen and oxygen atoms in total. The van der Waals surface area contributed by atoms with E-state index in [0.717, 1.165) is 0 Å². The van der Waals surface area contributed by atoms with Crippen molar-refractivity contribution in [3.05, 3.63) is 57.3 Å². The van der Waals surface area contributed by atoms with E-state index < -0.39 is 28.9 Å². The summed E-state index contributed by atoms with van der Waals surface area (Å²) in [6, 6.07) is 5.39. The first-order valence-electron chi connectivity index (χ1n) is 9.42. The van der Waals surface area contributed by atoms with Gasteiger partial charge in [-0.1, -0.05) is 12.1 Å². The lowest BCUT2D eigenvalue weighted by molar-refractivity contribution is -0.165. The summed E-state index contributed by atoms with van der Waals surface area (Å²) in [5.74, 6) is -2.05. The second-order valence-corrected chi connectivity index (χ2v) is 7.35. The van der Waals surface area contributed by atoms with E-state index in [1.165, 1.54) is 29.2 Å². The highest BCUT2D eigenvalue weighted by Crippen LogP contribution is 2.35. The average Bonchev–Trinajstić information content (AvgIpc) is 3.03. The summed E-state index contributed by atoms with van der Waals surface area (Å²) in [6.45, 7) is 1.41. The van der Waals surface area contributed by atoms with E-state index in [2.05, 4.69) is 10.2 Å². The number of H-pyrrole nitrogens is 2. The molecule has 0 aliphatic carbocycles. The van der Waals surface area contributed by atoms with Crippen molar-refractivity contribution in [2.75, 3.05) is 13.1 Å². The number of carbonyl (C=O) groups is 3. The molecular weight excluding hydrogens is 413 g/mol. The Morgan fingerprint density at radius 2 is 1.90 bits per heavy atom. The summed E-state index contributed by atoms with van der Waals surface area (Å²) >= 11 is 0. The molecule has 0 bridgehead atoms. The molecule has 2 aromatic rings. The van der Waals surface area contributed by atoms with Crippen molar-refractivity contribution < 1.29 is 34.1 Å². The number of hydrogen-bond donors (Lipinski definition) is 5. The van der Waals surface area contributed by atoms with Gasteiger partial charge in [0.05, 0.1) is 12.5 Å². The number of likely N-dealkylation sites (tertiary alicyclic amines) is 1. The Kier molecular flexibility index (Phi) is 7.70. The lowest BCUT2D eigenvalue weighted by Gasteiger charge is -2.43. The number of carboxylic acid groups (broad SMARTS) is 2. The fourth-order valence-corrected chi connectivity index (χ4v) is 3.67. The molecule has 1 amide bonds. The Hall–Kier alpha value is -3.47. The highest BCUT2D eigenvalue weighted by Gasteiger charge is 2.50. The number of halogens is 1. The predicted molar refractivity (Wildman–Crippen MR) is 106 cm³/mol. The van der Waals surface area contributed by atoms with Crippen LogP contribution < -0.4 is 5.56 Å². The number of aryl methyl sites for hydroxylation is 1. The van der Waals surface area contributed by atoms with E-state index >= 15 is 0 Å². The van der Waals surface area contributed by atoms with Crippen molar-refractivity contribution in [1.29, 1.82) is 0 Å². The standard InChI is InChI=1S/C19H22FN3O5.CH2O2/c1-11-14(17(26)22-21-11)8-16(25)23-7-6-15(24)19(10-23,18(27)28)9-12-2-4-13(20)5-3-12;2-1-3/h2-5,15,24H,6-10H2,1H3,(H,27,28)(H2,21,22,26);1H,(H,2,3)/t15-,19-;/m1./s1. The van der Waals surface area contributed by atoms with E-state index in [1.807, 2.05) is 0 Å². The van der Waals surface area contributed by atoms with Gasteiger partial charge >= 0.3 is 5.97 Å². The van der Waals surface area contributed by atoms with Crippen LogP contribution in [0, 0.1) is 18.2 Å². The number of aliphatic hydroxyl groups is 1. The van der Waals surface area contributed by atoms with Gasteiger partial charge in [-0.3, -0.25) is 24.3 Å². The van der Waals surface area contributed by atoms with Gasteiger partial charge in [-0.15, -0.1) is 0 Å². The van der Waals surface area contributed by atoms with Crippen molar-refractivity contribution in [2.24, 2.45) is 5.41 Å². The van der Waals surface area contributed by atoms with Crippen LogP contribution >= 0.6 is 0 Å². The molecule has 0 radical (unpaired) electrons. The molecule has 1 aliphatic rings. The van der Waals surface area contributed by atoms with Crippen LogP contribution in [-0.2, 0) is 27.2 Å². The van der Waals surface area contributed by atoms with Crippen molar-refractivity contribution in [3.8, 4) is 0 Å². The fraction of sp³-hybridized carbons (Fsp3) is 0.400. The Morgan fingerprint density at radius 3 is 2.42 bits per heavy atom.